The summed E-state index contributed by atoms with van der Waals surface area (Å²) in [5.74, 6) is -1.45. The van der Waals surface area contributed by atoms with E-state index in [0.29, 0.717) is 0 Å². The zero-order chi connectivity index (χ0) is 13.1. The maximum absolute atomic E-state index is 13.6. The van der Waals surface area contributed by atoms with Crippen LogP contribution < -0.4 is 10.6 Å². The fraction of sp³-hybridized carbons (Fsp3) is 0.462. The van der Waals surface area contributed by atoms with E-state index in [9.17, 15) is 13.6 Å². The summed E-state index contributed by atoms with van der Waals surface area (Å²) in [6, 6.07) is 1.78. The fourth-order valence-electron chi connectivity index (χ4n) is 2.04. The van der Waals surface area contributed by atoms with E-state index in [0.717, 1.165) is 37.9 Å². The van der Waals surface area contributed by atoms with Gasteiger partial charge in [-0.15, -0.1) is 0 Å². The van der Waals surface area contributed by atoms with Gasteiger partial charge in [0.2, 0.25) is 5.91 Å². The SMILES string of the molecule is Cc1cc(F)c(NC(=O)C2CCCCN2)cc1F. The first-order valence-corrected chi connectivity index (χ1v) is 6.08. The lowest BCUT2D eigenvalue weighted by Gasteiger charge is -2.22. The molecule has 1 aromatic carbocycles. The van der Waals surface area contributed by atoms with Crippen molar-refractivity contribution in [2.24, 2.45) is 0 Å². The lowest BCUT2D eigenvalue weighted by Crippen LogP contribution is -2.43. The van der Waals surface area contributed by atoms with E-state index in [1.54, 1.807) is 0 Å². The van der Waals surface area contributed by atoms with Gasteiger partial charge in [-0.2, -0.15) is 0 Å². The second-order valence-corrected chi connectivity index (χ2v) is 4.57. The first-order valence-electron chi connectivity index (χ1n) is 6.08. The number of anilines is 1. The van der Waals surface area contributed by atoms with Gasteiger partial charge in [0.15, 0.2) is 0 Å². The average molecular weight is 254 g/mol. The van der Waals surface area contributed by atoms with Crippen LogP contribution in [0.25, 0.3) is 0 Å². The van der Waals surface area contributed by atoms with Gasteiger partial charge in [0.25, 0.3) is 0 Å². The quantitative estimate of drug-likeness (QED) is 0.850. The smallest absolute Gasteiger partial charge is 0.241 e. The van der Waals surface area contributed by atoms with Gasteiger partial charge in [-0.1, -0.05) is 6.42 Å². The van der Waals surface area contributed by atoms with Gasteiger partial charge >= 0.3 is 0 Å². The van der Waals surface area contributed by atoms with Crippen LogP contribution in [0.4, 0.5) is 14.5 Å². The van der Waals surface area contributed by atoms with Crippen molar-refractivity contribution >= 4 is 11.6 Å². The summed E-state index contributed by atoms with van der Waals surface area (Å²) < 4.78 is 26.9. The number of hydrogen-bond acceptors (Lipinski definition) is 2. The van der Waals surface area contributed by atoms with E-state index in [-0.39, 0.29) is 23.2 Å². The molecule has 1 saturated heterocycles. The van der Waals surface area contributed by atoms with Gasteiger partial charge in [0.05, 0.1) is 11.7 Å². The molecule has 1 atom stereocenters. The Bertz CT molecular complexity index is 457. The Hall–Kier alpha value is -1.49. The number of amides is 1. The fourth-order valence-corrected chi connectivity index (χ4v) is 2.04. The molecule has 3 nitrogen and oxygen atoms in total. The monoisotopic (exact) mass is 254 g/mol. The molecule has 1 heterocycles. The number of rotatable bonds is 2. The Morgan fingerprint density at radius 1 is 1.33 bits per heavy atom. The Labute approximate surface area is 105 Å². The highest BCUT2D eigenvalue weighted by atomic mass is 19.1. The summed E-state index contributed by atoms with van der Waals surface area (Å²) in [6.45, 7) is 2.26. The van der Waals surface area contributed by atoms with Gasteiger partial charge in [-0.05, 0) is 37.9 Å². The first kappa shape index (κ1) is 13.0. The van der Waals surface area contributed by atoms with E-state index in [2.05, 4.69) is 10.6 Å². The Kier molecular flexibility index (Phi) is 3.91. The number of piperidine rings is 1. The molecule has 5 heteroatoms. The van der Waals surface area contributed by atoms with Crippen molar-refractivity contribution in [3.05, 3.63) is 29.3 Å². The van der Waals surface area contributed by atoms with Crippen LogP contribution in [0.2, 0.25) is 0 Å². The standard InChI is InChI=1S/C13H16F2N2O/c1-8-6-10(15)12(7-9(8)14)17-13(18)11-4-2-3-5-16-11/h6-7,11,16H,2-5H2,1H3,(H,17,18). The maximum atomic E-state index is 13.6. The van der Waals surface area contributed by atoms with Crippen molar-refractivity contribution in [3.63, 3.8) is 0 Å². The number of benzene rings is 1. The molecule has 0 bridgehead atoms. The minimum absolute atomic E-state index is 0.101. The minimum Gasteiger partial charge on any atom is -0.322 e. The van der Waals surface area contributed by atoms with Gasteiger partial charge < -0.3 is 10.6 Å². The third-order valence-corrected chi connectivity index (χ3v) is 3.13. The molecule has 0 spiro atoms. The van der Waals surface area contributed by atoms with Gasteiger partial charge in [0, 0.05) is 6.07 Å². The molecular weight excluding hydrogens is 238 g/mol. The predicted molar refractivity (Wildman–Crippen MR) is 65.4 cm³/mol. The van der Waals surface area contributed by atoms with Crippen LogP contribution in [0.1, 0.15) is 24.8 Å². The lowest BCUT2D eigenvalue weighted by molar-refractivity contribution is -0.118. The Morgan fingerprint density at radius 2 is 2.11 bits per heavy atom. The highest BCUT2D eigenvalue weighted by Crippen LogP contribution is 2.19. The molecule has 0 radical (unpaired) electrons. The molecule has 1 aromatic rings. The summed E-state index contributed by atoms with van der Waals surface area (Å²) in [6.07, 6.45) is 2.73. The van der Waals surface area contributed by atoms with Crippen LogP contribution >= 0.6 is 0 Å². The summed E-state index contributed by atoms with van der Waals surface area (Å²) >= 11 is 0. The van der Waals surface area contributed by atoms with Crippen LogP contribution in [-0.4, -0.2) is 18.5 Å². The number of carbonyl (C=O) groups is 1. The molecule has 0 aromatic heterocycles. The number of hydrogen-bond donors (Lipinski definition) is 2. The zero-order valence-electron chi connectivity index (χ0n) is 10.2. The second kappa shape index (κ2) is 5.44. The van der Waals surface area contributed by atoms with Crippen LogP contribution in [0.3, 0.4) is 0 Å². The first-order chi connectivity index (χ1) is 8.58. The molecule has 1 fully saturated rings. The van der Waals surface area contributed by atoms with Crippen LogP contribution in [0, 0.1) is 18.6 Å². The normalized spacial score (nSPS) is 19.6. The van der Waals surface area contributed by atoms with Crippen molar-refractivity contribution in [3.8, 4) is 0 Å². The van der Waals surface area contributed by atoms with Crippen molar-refractivity contribution in [1.29, 1.82) is 0 Å². The molecular formula is C13H16F2N2O. The molecule has 98 valence electrons. The van der Waals surface area contributed by atoms with Crippen LogP contribution in [-0.2, 0) is 4.79 Å². The molecule has 2 N–H and O–H groups in total. The zero-order valence-corrected chi connectivity index (χ0v) is 10.2. The van der Waals surface area contributed by atoms with Crippen molar-refractivity contribution in [2.45, 2.75) is 32.2 Å². The Morgan fingerprint density at radius 3 is 2.78 bits per heavy atom. The van der Waals surface area contributed by atoms with Crippen LogP contribution in [0.15, 0.2) is 12.1 Å². The molecule has 0 saturated carbocycles. The lowest BCUT2D eigenvalue weighted by atomic mass is 10.0. The summed E-state index contributed by atoms with van der Waals surface area (Å²) in [4.78, 5) is 11.9. The molecule has 1 amide bonds. The number of carbonyl (C=O) groups excluding carboxylic acids is 1. The van der Waals surface area contributed by atoms with Gasteiger partial charge in [0.1, 0.15) is 11.6 Å². The molecule has 2 rings (SSSR count). The van der Waals surface area contributed by atoms with E-state index < -0.39 is 11.6 Å². The maximum Gasteiger partial charge on any atom is 0.241 e. The second-order valence-electron chi connectivity index (χ2n) is 4.57. The van der Waals surface area contributed by atoms with E-state index >= 15 is 0 Å². The van der Waals surface area contributed by atoms with Crippen molar-refractivity contribution < 1.29 is 13.6 Å². The van der Waals surface area contributed by atoms with E-state index in [4.69, 9.17) is 0 Å². The summed E-state index contributed by atoms with van der Waals surface area (Å²) in [5, 5.41) is 5.49. The Balaban J connectivity index is 2.08. The molecule has 1 aliphatic heterocycles. The number of nitrogens with one attached hydrogen (secondary N) is 2. The summed E-state index contributed by atoms with van der Waals surface area (Å²) in [5.41, 5.74) is 0.122. The highest BCUT2D eigenvalue weighted by molar-refractivity contribution is 5.95. The topological polar surface area (TPSA) is 41.1 Å². The van der Waals surface area contributed by atoms with E-state index in [1.807, 2.05) is 0 Å². The summed E-state index contributed by atoms with van der Waals surface area (Å²) in [7, 11) is 0. The molecule has 1 aliphatic rings. The van der Waals surface area contributed by atoms with Crippen molar-refractivity contribution in [1.82, 2.24) is 5.32 Å². The molecule has 18 heavy (non-hydrogen) atoms. The highest BCUT2D eigenvalue weighted by Gasteiger charge is 2.21. The number of aryl methyl sites for hydroxylation is 1. The third kappa shape index (κ3) is 2.85. The molecule has 1 unspecified atom stereocenters. The van der Waals surface area contributed by atoms with E-state index in [1.165, 1.54) is 6.92 Å². The van der Waals surface area contributed by atoms with Gasteiger partial charge in [-0.25, -0.2) is 8.78 Å². The van der Waals surface area contributed by atoms with Gasteiger partial charge in [-0.3, -0.25) is 4.79 Å². The van der Waals surface area contributed by atoms with Crippen LogP contribution in [0.5, 0.6) is 0 Å². The molecule has 0 aliphatic carbocycles. The van der Waals surface area contributed by atoms with Crippen molar-refractivity contribution in [2.75, 3.05) is 11.9 Å². The number of halogens is 2. The largest absolute Gasteiger partial charge is 0.322 e. The average Bonchev–Trinajstić information content (AvgIpc) is 2.37. The predicted octanol–water partition coefficient (Wildman–Crippen LogP) is 2.35. The minimum atomic E-state index is -0.613. The third-order valence-electron chi connectivity index (χ3n) is 3.13.